The average molecular weight is 267 g/mol. The highest BCUT2D eigenvalue weighted by Crippen LogP contribution is 2.15. The first-order chi connectivity index (χ1) is 8.86. The van der Waals surface area contributed by atoms with Crippen LogP contribution in [0.15, 0.2) is 18.2 Å². The number of hydrogen-bond donors (Lipinski definition) is 2. The Kier molecular flexibility index (Phi) is 4.60. The zero-order valence-electron chi connectivity index (χ0n) is 10.4. The molecule has 0 saturated carbocycles. The van der Waals surface area contributed by atoms with E-state index < -0.39 is 17.9 Å². The molecule has 7 heteroatoms. The maximum atomic E-state index is 11.6. The van der Waals surface area contributed by atoms with Crippen molar-refractivity contribution in [1.29, 1.82) is 0 Å². The Morgan fingerprint density at radius 2 is 1.79 bits per heavy atom. The smallest absolute Gasteiger partial charge is 0.357 e. The molecule has 0 heterocycles. The topological polar surface area (TPSA) is 116 Å². The van der Waals surface area contributed by atoms with Crippen LogP contribution < -0.4 is 5.90 Å². The fourth-order valence-corrected chi connectivity index (χ4v) is 1.37. The van der Waals surface area contributed by atoms with Gasteiger partial charge in [0.25, 0.3) is 0 Å². The van der Waals surface area contributed by atoms with Crippen LogP contribution in [0.2, 0.25) is 0 Å². The summed E-state index contributed by atoms with van der Waals surface area (Å²) in [6, 6.07) is 3.44. The number of nitrogens with two attached hydrogens (primary N) is 1. The number of carboxylic acids is 1. The summed E-state index contributed by atoms with van der Waals surface area (Å²) in [6.45, 7) is 3.33. The van der Waals surface area contributed by atoms with Gasteiger partial charge in [0.15, 0.2) is 0 Å². The number of ether oxygens (including phenoxy) is 1. The van der Waals surface area contributed by atoms with Gasteiger partial charge in [0.2, 0.25) is 0 Å². The molecule has 0 saturated heterocycles. The summed E-state index contributed by atoms with van der Waals surface area (Å²) >= 11 is 0. The van der Waals surface area contributed by atoms with E-state index in [2.05, 4.69) is 4.84 Å². The third-order valence-corrected chi connectivity index (χ3v) is 2.16. The van der Waals surface area contributed by atoms with Gasteiger partial charge in [-0.25, -0.2) is 14.4 Å². The van der Waals surface area contributed by atoms with Crippen molar-refractivity contribution in [2.24, 2.45) is 5.90 Å². The summed E-state index contributed by atoms with van der Waals surface area (Å²) in [6.07, 6.45) is -0.337. The molecule has 0 unspecified atom stereocenters. The Morgan fingerprint density at radius 1 is 1.16 bits per heavy atom. The predicted octanol–water partition coefficient (Wildman–Crippen LogP) is 0.981. The molecule has 19 heavy (non-hydrogen) atoms. The van der Waals surface area contributed by atoms with Crippen molar-refractivity contribution >= 4 is 17.9 Å². The monoisotopic (exact) mass is 267 g/mol. The van der Waals surface area contributed by atoms with Gasteiger partial charge >= 0.3 is 17.9 Å². The molecule has 0 fully saturated rings. The number of hydrogen-bond acceptors (Lipinski definition) is 6. The van der Waals surface area contributed by atoms with Gasteiger partial charge in [-0.1, -0.05) is 0 Å². The maximum absolute atomic E-state index is 11.6. The second-order valence-electron chi connectivity index (χ2n) is 3.92. The highest BCUT2D eigenvalue weighted by molar-refractivity contribution is 6.04. The van der Waals surface area contributed by atoms with Gasteiger partial charge < -0.3 is 14.7 Å². The predicted molar refractivity (Wildman–Crippen MR) is 63.6 cm³/mol. The molecule has 7 nitrogen and oxygen atoms in total. The number of carbonyl (C=O) groups is 3. The van der Waals surface area contributed by atoms with Crippen LogP contribution >= 0.6 is 0 Å². The average Bonchev–Trinajstić information content (AvgIpc) is 2.36. The molecule has 1 rings (SSSR count). The number of rotatable bonds is 4. The lowest BCUT2D eigenvalue weighted by atomic mass is 10.0. The van der Waals surface area contributed by atoms with Crippen LogP contribution in [0.5, 0.6) is 0 Å². The molecular formula is C12H13NO6. The largest absolute Gasteiger partial charge is 0.478 e. The second kappa shape index (κ2) is 5.96. The van der Waals surface area contributed by atoms with Gasteiger partial charge in [-0.05, 0) is 32.0 Å². The number of benzene rings is 1. The van der Waals surface area contributed by atoms with Gasteiger partial charge in [-0.3, -0.25) is 0 Å². The second-order valence-corrected chi connectivity index (χ2v) is 3.92. The summed E-state index contributed by atoms with van der Waals surface area (Å²) < 4.78 is 4.94. The highest BCUT2D eigenvalue weighted by Gasteiger charge is 2.20. The fourth-order valence-electron chi connectivity index (χ4n) is 1.37. The zero-order valence-corrected chi connectivity index (χ0v) is 10.4. The van der Waals surface area contributed by atoms with E-state index in [9.17, 15) is 14.4 Å². The maximum Gasteiger partial charge on any atom is 0.357 e. The summed E-state index contributed by atoms with van der Waals surface area (Å²) in [4.78, 5) is 37.9. The first-order valence-corrected chi connectivity index (χ1v) is 5.36. The lowest BCUT2D eigenvalue weighted by Gasteiger charge is -2.09. The van der Waals surface area contributed by atoms with Crippen molar-refractivity contribution in [2.45, 2.75) is 20.0 Å². The first kappa shape index (κ1) is 14.7. The Hall–Kier alpha value is -2.41. The van der Waals surface area contributed by atoms with Gasteiger partial charge in [0, 0.05) is 0 Å². The molecule has 0 amide bonds. The van der Waals surface area contributed by atoms with E-state index >= 15 is 0 Å². The third-order valence-electron chi connectivity index (χ3n) is 2.16. The lowest BCUT2D eigenvalue weighted by Crippen LogP contribution is -2.17. The number of esters is 1. The summed E-state index contributed by atoms with van der Waals surface area (Å²) in [5, 5.41) is 8.92. The van der Waals surface area contributed by atoms with E-state index in [4.69, 9.17) is 15.7 Å². The molecule has 102 valence electrons. The third kappa shape index (κ3) is 3.52. The minimum absolute atomic E-state index is 0.0408. The Morgan fingerprint density at radius 3 is 2.26 bits per heavy atom. The van der Waals surface area contributed by atoms with Gasteiger partial charge in [0.05, 0.1) is 22.8 Å². The summed E-state index contributed by atoms with van der Waals surface area (Å²) in [5.41, 5.74) is -0.580. The van der Waals surface area contributed by atoms with Crippen LogP contribution in [0.1, 0.15) is 44.9 Å². The van der Waals surface area contributed by atoms with E-state index in [0.29, 0.717) is 0 Å². The standard InChI is InChI=1S/C12H13NO6/c1-6(2)18-11(16)7-3-4-8(10(14)15)9(5-7)12(17)19-13/h3-6H,13H2,1-2H3,(H,14,15). The first-order valence-electron chi connectivity index (χ1n) is 5.36. The lowest BCUT2D eigenvalue weighted by molar-refractivity contribution is 0.0377. The fraction of sp³-hybridized carbons (Fsp3) is 0.250. The van der Waals surface area contributed by atoms with E-state index in [-0.39, 0.29) is 22.8 Å². The SMILES string of the molecule is CC(C)OC(=O)c1ccc(C(=O)O)c(C(=O)ON)c1. The van der Waals surface area contributed by atoms with Gasteiger partial charge in [-0.2, -0.15) is 5.90 Å². The van der Waals surface area contributed by atoms with E-state index in [1.165, 1.54) is 6.07 Å². The number of carbonyl (C=O) groups excluding carboxylic acids is 2. The van der Waals surface area contributed by atoms with Crippen molar-refractivity contribution in [1.82, 2.24) is 0 Å². The zero-order chi connectivity index (χ0) is 14.6. The highest BCUT2D eigenvalue weighted by atomic mass is 16.7. The molecule has 0 spiro atoms. The van der Waals surface area contributed by atoms with Crippen LogP contribution in [0, 0.1) is 0 Å². The van der Waals surface area contributed by atoms with E-state index in [0.717, 1.165) is 12.1 Å². The summed E-state index contributed by atoms with van der Waals surface area (Å²) in [7, 11) is 0. The van der Waals surface area contributed by atoms with Crippen LogP contribution in [0.3, 0.4) is 0 Å². The van der Waals surface area contributed by atoms with Crippen LogP contribution in [-0.4, -0.2) is 29.1 Å². The Balaban J connectivity index is 3.22. The van der Waals surface area contributed by atoms with Crippen molar-refractivity contribution in [3.8, 4) is 0 Å². The normalized spacial score (nSPS) is 10.1. The van der Waals surface area contributed by atoms with E-state index in [1.54, 1.807) is 13.8 Å². The molecule has 0 aromatic heterocycles. The van der Waals surface area contributed by atoms with Gasteiger partial charge in [-0.15, -0.1) is 0 Å². The minimum atomic E-state index is -1.33. The molecule has 1 aromatic carbocycles. The van der Waals surface area contributed by atoms with Crippen molar-refractivity contribution in [2.75, 3.05) is 0 Å². The van der Waals surface area contributed by atoms with E-state index in [1.807, 2.05) is 0 Å². The van der Waals surface area contributed by atoms with Crippen LogP contribution in [0.25, 0.3) is 0 Å². The van der Waals surface area contributed by atoms with Crippen LogP contribution in [-0.2, 0) is 9.57 Å². The van der Waals surface area contributed by atoms with Crippen molar-refractivity contribution in [3.63, 3.8) is 0 Å². The van der Waals surface area contributed by atoms with Crippen molar-refractivity contribution in [3.05, 3.63) is 34.9 Å². The molecule has 0 aliphatic carbocycles. The number of aromatic carboxylic acids is 1. The van der Waals surface area contributed by atoms with Crippen LogP contribution in [0.4, 0.5) is 0 Å². The molecule has 3 N–H and O–H groups in total. The Labute approximate surface area is 108 Å². The molecular weight excluding hydrogens is 254 g/mol. The number of carboxylic acid groups (broad SMARTS) is 1. The summed E-state index contributed by atoms with van der Waals surface area (Å²) in [5.74, 6) is 1.68. The molecule has 0 radical (unpaired) electrons. The molecule has 0 aliphatic rings. The molecule has 0 atom stereocenters. The Bertz CT molecular complexity index is 523. The molecule has 1 aromatic rings. The quantitative estimate of drug-likeness (QED) is 0.617. The van der Waals surface area contributed by atoms with Crippen molar-refractivity contribution < 1.29 is 29.1 Å². The minimum Gasteiger partial charge on any atom is -0.478 e. The molecule has 0 aliphatic heterocycles. The van der Waals surface area contributed by atoms with Gasteiger partial charge in [0.1, 0.15) is 0 Å². The molecule has 0 bridgehead atoms.